The molecule has 11 heavy (non-hydrogen) atoms. The van der Waals surface area contributed by atoms with Gasteiger partial charge < -0.3 is 5.73 Å². The lowest BCUT2D eigenvalue weighted by atomic mass is 10.3. The Kier molecular flexibility index (Phi) is 1.95. The van der Waals surface area contributed by atoms with Gasteiger partial charge in [0.15, 0.2) is 5.69 Å². The van der Waals surface area contributed by atoms with Gasteiger partial charge in [0, 0.05) is 0 Å². The fourth-order valence-corrected chi connectivity index (χ4v) is 0.535. The second kappa shape index (κ2) is 2.91. The molecule has 1 aromatic rings. The minimum atomic E-state index is -0.806. The number of hydrogen-bond donors (Lipinski definition) is 1. The maximum absolute atomic E-state index is 11.6. The molecule has 2 N–H and O–H groups in total. The predicted octanol–water partition coefficient (Wildman–Crippen LogP) is 0.109. The maximum atomic E-state index is 11.6. The summed E-state index contributed by atoms with van der Waals surface area (Å²) in [6, 6.07) is 0. The van der Waals surface area contributed by atoms with Crippen LogP contribution in [0.4, 0.5) is 4.39 Å². The number of rotatable bonds is 2. The van der Waals surface area contributed by atoms with Crippen LogP contribution in [0.25, 0.3) is 6.08 Å². The van der Waals surface area contributed by atoms with Gasteiger partial charge >= 0.3 is 0 Å². The average molecular weight is 157 g/mol. The Morgan fingerprint density at radius 1 is 1.64 bits per heavy atom. The van der Waals surface area contributed by atoms with Crippen LogP contribution in [-0.4, -0.2) is 16.2 Å². The van der Waals surface area contributed by atoms with E-state index in [1.54, 1.807) is 0 Å². The van der Waals surface area contributed by atoms with Gasteiger partial charge in [0.1, 0.15) is 5.69 Å². The Labute approximate surface area is 60.6 Å². The number of carbonyl (C=O) groups excluding carboxylic acids is 1. The van der Waals surface area contributed by atoms with E-state index in [1.165, 1.54) is 0 Å². The van der Waals surface area contributed by atoms with Crippen molar-refractivity contribution in [2.24, 2.45) is 5.73 Å². The van der Waals surface area contributed by atoms with Gasteiger partial charge in [0.05, 0.1) is 6.33 Å². The molecule has 0 saturated heterocycles. The summed E-state index contributed by atoms with van der Waals surface area (Å²) < 4.78 is 15.7. The third-order valence-electron chi connectivity index (χ3n) is 0.968. The molecule has 0 aliphatic rings. The van der Waals surface area contributed by atoms with Crippen molar-refractivity contribution in [3.05, 3.63) is 17.7 Å². The Bertz CT molecular complexity index is 294. The molecule has 1 heterocycles. The first-order valence-corrected chi connectivity index (χ1v) is 2.65. The minimum Gasteiger partial charge on any atom is -0.364 e. The van der Waals surface area contributed by atoms with Crippen molar-refractivity contribution in [1.29, 1.82) is 0 Å². The summed E-state index contributed by atoms with van der Waals surface area (Å²) in [5, 5.41) is 6.37. The summed E-state index contributed by atoms with van der Waals surface area (Å²) >= 11 is 0. The number of halogens is 1. The van der Waals surface area contributed by atoms with E-state index < -0.39 is 5.91 Å². The van der Waals surface area contributed by atoms with Crippen LogP contribution >= 0.6 is 0 Å². The summed E-state index contributed by atoms with van der Waals surface area (Å²) in [5.74, 6) is -0.806. The van der Waals surface area contributed by atoms with Gasteiger partial charge in [-0.25, -0.2) is 9.02 Å². The fourth-order valence-electron chi connectivity index (χ4n) is 0.535. The highest BCUT2D eigenvalue weighted by Gasteiger charge is 2.11. The van der Waals surface area contributed by atoms with Crippen LogP contribution in [0.15, 0.2) is 11.0 Å². The van der Waals surface area contributed by atoms with Crippen LogP contribution in [0.1, 0.15) is 16.2 Å². The highest BCUT2D eigenvalue weighted by Crippen LogP contribution is 2.03. The molecule has 0 bridgehead atoms. The smallest absolute Gasteiger partial charge is 0.273 e. The molecule has 5 nitrogen and oxygen atoms in total. The zero-order chi connectivity index (χ0) is 8.27. The van der Waals surface area contributed by atoms with Crippen molar-refractivity contribution in [2.45, 2.75) is 0 Å². The molecule has 0 saturated carbocycles. The topological polar surface area (TPSA) is 82.0 Å². The van der Waals surface area contributed by atoms with Gasteiger partial charge in [-0.3, -0.25) is 4.79 Å². The van der Waals surface area contributed by atoms with Crippen molar-refractivity contribution in [1.82, 2.24) is 10.3 Å². The van der Waals surface area contributed by atoms with Crippen molar-refractivity contribution in [2.75, 3.05) is 0 Å². The molecule has 0 fully saturated rings. The Morgan fingerprint density at radius 2 is 2.36 bits per heavy atom. The second-order valence-electron chi connectivity index (χ2n) is 1.65. The molecule has 1 rings (SSSR count). The molecule has 0 spiro atoms. The lowest BCUT2D eigenvalue weighted by Crippen LogP contribution is -2.12. The van der Waals surface area contributed by atoms with Crippen molar-refractivity contribution < 1.29 is 13.8 Å². The number of hydrogen-bond acceptors (Lipinski definition) is 4. The first-order chi connectivity index (χ1) is 5.25. The molecule has 0 radical (unpaired) electrons. The monoisotopic (exact) mass is 157 g/mol. The van der Waals surface area contributed by atoms with Gasteiger partial charge in [0.2, 0.25) is 0 Å². The molecule has 0 aliphatic carbocycles. The van der Waals surface area contributed by atoms with E-state index >= 15 is 0 Å². The highest BCUT2D eigenvalue weighted by atomic mass is 19.1. The van der Waals surface area contributed by atoms with Crippen LogP contribution in [0.3, 0.4) is 0 Å². The highest BCUT2D eigenvalue weighted by molar-refractivity contribution is 5.93. The SMILES string of the molecule is NC(=O)c1nonc1/C=C\F. The quantitative estimate of drug-likeness (QED) is 0.660. The summed E-state index contributed by atoms with van der Waals surface area (Å²) in [6.07, 6.45) is 1.14. The molecule has 58 valence electrons. The number of carbonyl (C=O) groups is 1. The third kappa shape index (κ3) is 1.40. The minimum absolute atomic E-state index is 0.0139. The molecule has 0 aromatic carbocycles. The second-order valence-corrected chi connectivity index (χ2v) is 1.65. The molecule has 1 amide bonds. The van der Waals surface area contributed by atoms with Crippen LogP contribution in [0.2, 0.25) is 0 Å². The molecular formula is C5H4FN3O2. The zero-order valence-corrected chi connectivity index (χ0v) is 5.32. The Hall–Kier alpha value is -1.72. The normalized spacial score (nSPS) is 10.6. The van der Waals surface area contributed by atoms with Crippen LogP contribution in [-0.2, 0) is 0 Å². The predicted molar refractivity (Wildman–Crippen MR) is 33.0 cm³/mol. The molecule has 1 aromatic heterocycles. The van der Waals surface area contributed by atoms with E-state index in [0.29, 0.717) is 0 Å². The number of primary amides is 1. The number of aromatic nitrogens is 2. The number of nitrogens with zero attached hydrogens (tertiary/aromatic N) is 2. The van der Waals surface area contributed by atoms with Gasteiger partial charge in [-0.15, -0.1) is 0 Å². The first-order valence-electron chi connectivity index (χ1n) is 2.65. The van der Waals surface area contributed by atoms with Gasteiger partial charge in [-0.2, -0.15) is 0 Å². The van der Waals surface area contributed by atoms with E-state index in [-0.39, 0.29) is 17.7 Å². The maximum Gasteiger partial charge on any atom is 0.273 e. The van der Waals surface area contributed by atoms with E-state index in [4.69, 9.17) is 5.73 Å². The van der Waals surface area contributed by atoms with Crippen molar-refractivity contribution in [3.63, 3.8) is 0 Å². The summed E-state index contributed by atoms with van der Waals surface area (Å²) in [4.78, 5) is 10.5. The lowest BCUT2D eigenvalue weighted by molar-refractivity contribution is 0.0991. The first kappa shape index (κ1) is 7.39. The largest absolute Gasteiger partial charge is 0.364 e. The van der Waals surface area contributed by atoms with E-state index in [0.717, 1.165) is 6.08 Å². The van der Waals surface area contributed by atoms with Gasteiger partial charge in [-0.1, -0.05) is 0 Å². The lowest BCUT2D eigenvalue weighted by Gasteiger charge is -1.83. The van der Waals surface area contributed by atoms with Crippen LogP contribution in [0, 0.1) is 0 Å². The zero-order valence-electron chi connectivity index (χ0n) is 5.32. The summed E-state index contributed by atoms with van der Waals surface area (Å²) in [6.45, 7) is 0. The summed E-state index contributed by atoms with van der Waals surface area (Å²) in [5.41, 5.74) is 4.64. The molecule has 0 aliphatic heterocycles. The number of nitrogens with two attached hydrogens (primary N) is 1. The van der Waals surface area contributed by atoms with Crippen molar-refractivity contribution in [3.8, 4) is 0 Å². The summed E-state index contributed by atoms with van der Waals surface area (Å²) in [7, 11) is 0. The average Bonchev–Trinajstić information content (AvgIpc) is 2.36. The van der Waals surface area contributed by atoms with Crippen LogP contribution < -0.4 is 5.73 Å². The van der Waals surface area contributed by atoms with Gasteiger partial charge in [-0.05, 0) is 16.4 Å². The van der Waals surface area contributed by atoms with E-state index in [1.807, 2.05) is 0 Å². The van der Waals surface area contributed by atoms with E-state index in [9.17, 15) is 9.18 Å². The molecular weight excluding hydrogens is 153 g/mol. The fraction of sp³-hybridized carbons (Fsp3) is 0. The standard InChI is InChI=1S/C5H4FN3O2/c6-2-1-3-4(5(7)10)9-11-8-3/h1-2H,(H2,7,10)/b2-1-. The molecule has 0 atom stereocenters. The molecule has 0 unspecified atom stereocenters. The Balaban J connectivity index is 3.05. The van der Waals surface area contributed by atoms with Crippen molar-refractivity contribution >= 4 is 12.0 Å². The number of amides is 1. The van der Waals surface area contributed by atoms with Gasteiger partial charge in [0.25, 0.3) is 5.91 Å². The van der Waals surface area contributed by atoms with E-state index in [2.05, 4.69) is 14.9 Å². The molecule has 6 heteroatoms. The van der Waals surface area contributed by atoms with Crippen LogP contribution in [0.5, 0.6) is 0 Å². The third-order valence-corrected chi connectivity index (χ3v) is 0.968. The Morgan fingerprint density at radius 3 is 2.91 bits per heavy atom.